The summed E-state index contributed by atoms with van der Waals surface area (Å²) in [5.74, 6) is 0.601. The van der Waals surface area contributed by atoms with Crippen LogP contribution in [-0.4, -0.2) is 19.0 Å². The van der Waals surface area contributed by atoms with Crippen LogP contribution in [0.4, 0.5) is 5.69 Å². The maximum Gasteiger partial charge on any atom is 0.224 e. The fourth-order valence-electron chi connectivity index (χ4n) is 2.63. The summed E-state index contributed by atoms with van der Waals surface area (Å²) in [5.41, 5.74) is 0.884. The van der Waals surface area contributed by atoms with Crippen molar-refractivity contribution < 1.29 is 4.79 Å². The maximum absolute atomic E-state index is 12.0. The van der Waals surface area contributed by atoms with Crippen molar-refractivity contribution in [2.45, 2.75) is 12.8 Å². The molecule has 1 aliphatic heterocycles. The lowest BCUT2D eigenvalue weighted by Gasteiger charge is -2.09. The number of hydrogen-bond donors (Lipinski definition) is 2. The van der Waals surface area contributed by atoms with Crippen molar-refractivity contribution >= 4 is 22.4 Å². The van der Waals surface area contributed by atoms with Gasteiger partial charge in [-0.3, -0.25) is 4.79 Å². The summed E-state index contributed by atoms with van der Waals surface area (Å²) in [6.45, 7) is 2.00. The summed E-state index contributed by atoms with van der Waals surface area (Å²) in [7, 11) is 0. The Labute approximate surface area is 113 Å². The molecule has 1 heterocycles. The molecule has 1 atom stereocenters. The van der Waals surface area contributed by atoms with E-state index in [0.29, 0.717) is 12.3 Å². The van der Waals surface area contributed by atoms with Gasteiger partial charge in [0.15, 0.2) is 0 Å². The van der Waals surface area contributed by atoms with E-state index in [1.165, 1.54) is 5.39 Å². The monoisotopic (exact) mass is 254 g/mol. The second-order valence-electron chi connectivity index (χ2n) is 5.17. The van der Waals surface area contributed by atoms with Gasteiger partial charge in [0.1, 0.15) is 0 Å². The van der Waals surface area contributed by atoms with Crippen LogP contribution in [0.2, 0.25) is 0 Å². The molecule has 2 aromatic rings. The van der Waals surface area contributed by atoms with Crippen LogP contribution in [0.5, 0.6) is 0 Å². The Morgan fingerprint density at radius 2 is 2.05 bits per heavy atom. The van der Waals surface area contributed by atoms with Crippen LogP contribution in [-0.2, 0) is 4.79 Å². The van der Waals surface area contributed by atoms with Crippen LogP contribution in [0.25, 0.3) is 10.8 Å². The third-order valence-corrected chi connectivity index (χ3v) is 3.67. The number of carbonyl (C=O) groups excluding carboxylic acids is 1. The Morgan fingerprint density at radius 1 is 1.21 bits per heavy atom. The van der Waals surface area contributed by atoms with E-state index >= 15 is 0 Å². The van der Waals surface area contributed by atoms with Crippen LogP contribution >= 0.6 is 0 Å². The highest BCUT2D eigenvalue weighted by Gasteiger charge is 2.17. The fourth-order valence-corrected chi connectivity index (χ4v) is 2.63. The molecule has 0 bridgehead atoms. The molecule has 19 heavy (non-hydrogen) atoms. The first-order valence-corrected chi connectivity index (χ1v) is 6.80. The molecule has 1 aliphatic rings. The molecule has 0 radical (unpaired) electrons. The van der Waals surface area contributed by atoms with Gasteiger partial charge in [-0.05, 0) is 48.3 Å². The number of hydrogen-bond acceptors (Lipinski definition) is 2. The molecular weight excluding hydrogens is 236 g/mol. The third kappa shape index (κ3) is 2.93. The number of fused-ring (bicyclic) bond motifs is 1. The van der Waals surface area contributed by atoms with E-state index in [9.17, 15) is 4.79 Å². The molecule has 0 spiro atoms. The van der Waals surface area contributed by atoms with Crippen LogP contribution in [0.1, 0.15) is 12.8 Å². The molecule has 3 heteroatoms. The van der Waals surface area contributed by atoms with Crippen LogP contribution in [0.3, 0.4) is 0 Å². The molecule has 98 valence electrons. The van der Waals surface area contributed by atoms with Crippen molar-refractivity contribution in [3.8, 4) is 0 Å². The van der Waals surface area contributed by atoms with Crippen LogP contribution in [0.15, 0.2) is 42.5 Å². The van der Waals surface area contributed by atoms with E-state index in [1.54, 1.807) is 0 Å². The first kappa shape index (κ1) is 12.2. The lowest BCUT2D eigenvalue weighted by molar-refractivity contribution is -0.116. The lowest BCUT2D eigenvalue weighted by Crippen LogP contribution is -2.18. The van der Waals surface area contributed by atoms with Gasteiger partial charge in [-0.25, -0.2) is 0 Å². The normalized spacial score (nSPS) is 18.6. The van der Waals surface area contributed by atoms with E-state index in [4.69, 9.17) is 0 Å². The minimum absolute atomic E-state index is 0.115. The summed E-state index contributed by atoms with van der Waals surface area (Å²) in [5, 5.41) is 8.63. The molecule has 2 N–H and O–H groups in total. The van der Waals surface area contributed by atoms with Gasteiger partial charge in [-0.2, -0.15) is 0 Å². The van der Waals surface area contributed by atoms with Gasteiger partial charge in [0.2, 0.25) is 5.91 Å². The Balaban J connectivity index is 1.68. The first-order chi connectivity index (χ1) is 9.31. The zero-order chi connectivity index (χ0) is 13.1. The number of rotatable bonds is 3. The molecule has 1 unspecified atom stereocenters. The Kier molecular flexibility index (Phi) is 3.47. The van der Waals surface area contributed by atoms with E-state index in [1.807, 2.05) is 30.3 Å². The highest BCUT2D eigenvalue weighted by molar-refractivity contribution is 5.94. The second-order valence-corrected chi connectivity index (χ2v) is 5.17. The number of benzene rings is 2. The van der Waals surface area contributed by atoms with Crippen LogP contribution < -0.4 is 10.6 Å². The Bertz CT molecular complexity index is 588. The molecule has 0 aromatic heterocycles. The van der Waals surface area contributed by atoms with Crippen molar-refractivity contribution in [2.75, 3.05) is 18.4 Å². The van der Waals surface area contributed by atoms with Gasteiger partial charge in [0.05, 0.1) is 0 Å². The molecule has 1 amide bonds. The fraction of sp³-hybridized carbons (Fsp3) is 0.312. The Hall–Kier alpha value is -1.87. The standard InChI is InChI=1S/C16H18N2O/c19-16(9-12-7-8-17-11-12)18-15-6-5-13-3-1-2-4-14(13)10-15/h1-6,10,12,17H,7-9,11H2,(H,18,19). The molecule has 1 fully saturated rings. The smallest absolute Gasteiger partial charge is 0.224 e. The molecule has 3 nitrogen and oxygen atoms in total. The van der Waals surface area contributed by atoms with Crippen molar-refractivity contribution in [3.63, 3.8) is 0 Å². The van der Waals surface area contributed by atoms with Gasteiger partial charge in [0, 0.05) is 12.1 Å². The Morgan fingerprint density at radius 3 is 2.84 bits per heavy atom. The summed E-state index contributed by atoms with van der Waals surface area (Å²) < 4.78 is 0. The number of carbonyl (C=O) groups is 1. The molecule has 0 saturated carbocycles. The quantitative estimate of drug-likeness (QED) is 0.884. The van der Waals surface area contributed by atoms with Gasteiger partial charge in [-0.1, -0.05) is 30.3 Å². The van der Waals surface area contributed by atoms with Crippen molar-refractivity contribution in [1.29, 1.82) is 0 Å². The lowest BCUT2D eigenvalue weighted by atomic mass is 10.0. The van der Waals surface area contributed by atoms with E-state index in [2.05, 4.69) is 22.8 Å². The molecule has 2 aromatic carbocycles. The highest BCUT2D eigenvalue weighted by atomic mass is 16.1. The molecule has 1 saturated heterocycles. The minimum atomic E-state index is 0.115. The first-order valence-electron chi connectivity index (χ1n) is 6.80. The summed E-state index contributed by atoms with van der Waals surface area (Å²) in [6, 6.07) is 14.2. The van der Waals surface area contributed by atoms with Gasteiger partial charge in [-0.15, -0.1) is 0 Å². The maximum atomic E-state index is 12.0. The summed E-state index contributed by atoms with van der Waals surface area (Å²) >= 11 is 0. The number of nitrogens with one attached hydrogen (secondary N) is 2. The van der Waals surface area contributed by atoms with Gasteiger partial charge >= 0.3 is 0 Å². The van der Waals surface area contributed by atoms with Gasteiger partial charge < -0.3 is 10.6 Å². The number of anilines is 1. The SMILES string of the molecule is O=C(CC1CCNC1)Nc1ccc2ccccc2c1. The number of amides is 1. The summed E-state index contributed by atoms with van der Waals surface area (Å²) in [4.78, 5) is 12.0. The third-order valence-electron chi connectivity index (χ3n) is 3.67. The predicted molar refractivity (Wildman–Crippen MR) is 78.2 cm³/mol. The van der Waals surface area contributed by atoms with E-state index in [-0.39, 0.29) is 5.91 Å². The average molecular weight is 254 g/mol. The van der Waals surface area contributed by atoms with Crippen molar-refractivity contribution in [3.05, 3.63) is 42.5 Å². The van der Waals surface area contributed by atoms with Crippen molar-refractivity contribution in [1.82, 2.24) is 5.32 Å². The van der Waals surface area contributed by atoms with Crippen molar-refractivity contribution in [2.24, 2.45) is 5.92 Å². The topological polar surface area (TPSA) is 41.1 Å². The summed E-state index contributed by atoms with van der Waals surface area (Å²) in [6.07, 6.45) is 1.71. The van der Waals surface area contributed by atoms with Crippen LogP contribution in [0, 0.1) is 5.92 Å². The highest BCUT2D eigenvalue weighted by Crippen LogP contribution is 2.20. The average Bonchev–Trinajstić information content (AvgIpc) is 2.91. The molecular formula is C16H18N2O. The zero-order valence-corrected chi connectivity index (χ0v) is 10.9. The van der Waals surface area contributed by atoms with Gasteiger partial charge in [0.25, 0.3) is 0 Å². The second kappa shape index (κ2) is 5.41. The predicted octanol–water partition coefficient (Wildman–Crippen LogP) is 2.78. The minimum Gasteiger partial charge on any atom is -0.326 e. The molecule has 3 rings (SSSR count). The largest absolute Gasteiger partial charge is 0.326 e. The van der Waals surface area contributed by atoms with E-state index < -0.39 is 0 Å². The van der Waals surface area contributed by atoms with E-state index in [0.717, 1.165) is 30.6 Å². The molecule has 0 aliphatic carbocycles. The zero-order valence-electron chi connectivity index (χ0n) is 10.9.